The molecule has 21 heavy (non-hydrogen) atoms. The lowest BCUT2D eigenvalue weighted by molar-refractivity contribution is 0.0993. The van der Waals surface area contributed by atoms with Crippen molar-refractivity contribution in [3.63, 3.8) is 0 Å². The second-order valence-electron chi connectivity index (χ2n) is 5.34. The number of benzene rings is 2. The number of H-pyrrole nitrogens is 1. The molecule has 1 aromatic heterocycles. The number of carbonyl (C=O) groups is 1. The topological polar surface area (TPSA) is 36.1 Å². The maximum absolute atomic E-state index is 12.6. The van der Waals surface area contributed by atoms with Crippen LogP contribution in [0, 0.1) is 13.8 Å². The third-order valence-corrected chi connectivity index (χ3v) is 4.00. The fourth-order valence-corrected chi connectivity index (χ4v) is 2.56. The van der Waals surface area contributed by atoms with Crippen molar-refractivity contribution < 1.29 is 4.79 Å². The van der Waals surface area contributed by atoms with Gasteiger partial charge in [0, 0.05) is 34.9 Å². The van der Waals surface area contributed by atoms with Crippen LogP contribution in [0.1, 0.15) is 21.6 Å². The highest BCUT2D eigenvalue weighted by atomic mass is 16.2. The van der Waals surface area contributed by atoms with Gasteiger partial charge in [-0.25, -0.2) is 0 Å². The molecule has 0 unspecified atom stereocenters. The average molecular weight is 278 g/mol. The van der Waals surface area contributed by atoms with Crippen LogP contribution in [-0.4, -0.2) is 17.9 Å². The molecule has 0 aliphatic heterocycles. The van der Waals surface area contributed by atoms with Crippen LogP contribution in [0.3, 0.4) is 0 Å². The van der Waals surface area contributed by atoms with Gasteiger partial charge in [-0.1, -0.05) is 18.2 Å². The van der Waals surface area contributed by atoms with E-state index in [1.165, 1.54) is 5.56 Å². The second-order valence-corrected chi connectivity index (χ2v) is 5.34. The Kier molecular flexibility index (Phi) is 3.26. The van der Waals surface area contributed by atoms with Gasteiger partial charge in [-0.2, -0.15) is 0 Å². The monoisotopic (exact) mass is 278 g/mol. The first-order chi connectivity index (χ1) is 10.1. The highest BCUT2D eigenvalue weighted by molar-refractivity contribution is 6.07. The number of aryl methyl sites for hydroxylation is 2. The van der Waals surface area contributed by atoms with E-state index < -0.39 is 0 Å². The standard InChI is InChI=1S/C18H18N2O/c1-12-13(2)19-17-10-9-14(11-16(12)17)18(21)20(3)15-7-5-4-6-8-15/h4-11,19H,1-3H3. The van der Waals surface area contributed by atoms with Gasteiger partial charge in [-0.15, -0.1) is 0 Å². The molecule has 0 aliphatic rings. The molecule has 2 aromatic carbocycles. The first kappa shape index (κ1) is 13.4. The predicted octanol–water partition coefficient (Wildman–Crippen LogP) is 4.06. The molecule has 0 atom stereocenters. The smallest absolute Gasteiger partial charge is 0.258 e. The number of nitrogens with one attached hydrogen (secondary N) is 1. The van der Waals surface area contributed by atoms with Crippen molar-refractivity contribution in [2.24, 2.45) is 0 Å². The summed E-state index contributed by atoms with van der Waals surface area (Å²) in [5, 5.41) is 1.11. The lowest BCUT2D eigenvalue weighted by atomic mass is 10.1. The lowest BCUT2D eigenvalue weighted by Crippen LogP contribution is -2.26. The van der Waals surface area contributed by atoms with Gasteiger partial charge in [0.1, 0.15) is 0 Å². The number of hydrogen-bond donors (Lipinski definition) is 1. The average Bonchev–Trinajstić information content (AvgIpc) is 2.81. The lowest BCUT2D eigenvalue weighted by Gasteiger charge is -2.17. The van der Waals surface area contributed by atoms with Gasteiger partial charge in [0.05, 0.1) is 0 Å². The maximum atomic E-state index is 12.6. The summed E-state index contributed by atoms with van der Waals surface area (Å²) in [6.45, 7) is 4.12. The zero-order valence-electron chi connectivity index (χ0n) is 12.5. The Morgan fingerprint density at radius 3 is 2.48 bits per heavy atom. The number of hydrogen-bond acceptors (Lipinski definition) is 1. The number of aromatic amines is 1. The SMILES string of the molecule is Cc1[nH]c2ccc(C(=O)N(C)c3ccccc3)cc2c1C. The molecule has 0 radical (unpaired) electrons. The van der Waals surface area contributed by atoms with Gasteiger partial charge in [0.2, 0.25) is 0 Å². The van der Waals surface area contributed by atoms with E-state index in [1.807, 2.05) is 55.5 Å². The molecule has 1 heterocycles. The Morgan fingerprint density at radius 1 is 1.05 bits per heavy atom. The highest BCUT2D eigenvalue weighted by Crippen LogP contribution is 2.23. The van der Waals surface area contributed by atoms with Crippen LogP contribution in [0.4, 0.5) is 5.69 Å². The van der Waals surface area contributed by atoms with Crippen molar-refractivity contribution in [2.75, 3.05) is 11.9 Å². The maximum Gasteiger partial charge on any atom is 0.258 e. The van der Waals surface area contributed by atoms with Gasteiger partial charge in [-0.3, -0.25) is 4.79 Å². The summed E-state index contributed by atoms with van der Waals surface area (Å²) in [6, 6.07) is 15.5. The van der Waals surface area contributed by atoms with Crippen LogP contribution in [0.25, 0.3) is 10.9 Å². The Morgan fingerprint density at radius 2 is 1.76 bits per heavy atom. The first-order valence-corrected chi connectivity index (χ1v) is 7.00. The van der Waals surface area contributed by atoms with E-state index in [-0.39, 0.29) is 5.91 Å². The van der Waals surface area contributed by atoms with Crippen LogP contribution in [0.15, 0.2) is 48.5 Å². The fraction of sp³-hybridized carbons (Fsp3) is 0.167. The number of anilines is 1. The minimum absolute atomic E-state index is 0.00125. The largest absolute Gasteiger partial charge is 0.358 e. The molecule has 3 aromatic rings. The highest BCUT2D eigenvalue weighted by Gasteiger charge is 2.15. The van der Waals surface area contributed by atoms with E-state index in [9.17, 15) is 4.79 Å². The number of aromatic nitrogens is 1. The molecule has 3 nitrogen and oxygen atoms in total. The number of rotatable bonds is 2. The van der Waals surface area contributed by atoms with Crippen molar-refractivity contribution in [1.29, 1.82) is 0 Å². The van der Waals surface area contributed by atoms with E-state index in [0.29, 0.717) is 5.56 Å². The molecule has 1 N–H and O–H groups in total. The van der Waals surface area contributed by atoms with Crippen LogP contribution in [0.5, 0.6) is 0 Å². The van der Waals surface area contributed by atoms with Crippen molar-refractivity contribution >= 4 is 22.5 Å². The van der Waals surface area contributed by atoms with Crippen molar-refractivity contribution in [2.45, 2.75) is 13.8 Å². The third kappa shape index (κ3) is 2.31. The molecular weight excluding hydrogens is 260 g/mol. The molecule has 0 saturated carbocycles. The fourth-order valence-electron chi connectivity index (χ4n) is 2.56. The Balaban J connectivity index is 2.00. The molecule has 1 amide bonds. The zero-order chi connectivity index (χ0) is 15.0. The first-order valence-electron chi connectivity index (χ1n) is 7.00. The normalized spacial score (nSPS) is 10.8. The van der Waals surface area contributed by atoms with Crippen molar-refractivity contribution in [3.8, 4) is 0 Å². The van der Waals surface area contributed by atoms with Gasteiger partial charge < -0.3 is 9.88 Å². The van der Waals surface area contributed by atoms with Crippen molar-refractivity contribution in [3.05, 3.63) is 65.4 Å². The number of amides is 1. The molecular formula is C18H18N2O. The number of para-hydroxylation sites is 1. The Hall–Kier alpha value is -2.55. The second kappa shape index (κ2) is 5.09. The Bertz CT molecular complexity index is 803. The molecule has 3 rings (SSSR count). The van der Waals surface area contributed by atoms with Gasteiger partial charge in [-0.05, 0) is 49.7 Å². The third-order valence-electron chi connectivity index (χ3n) is 4.00. The molecule has 0 spiro atoms. The van der Waals surface area contributed by atoms with E-state index in [2.05, 4.69) is 11.9 Å². The molecule has 0 bridgehead atoms. The summed E-state index contributed by atoms with van der Waals surface area (Å²) in [6.07, 6.45) is 0. The molecule has 0 saturated heterocycles. The summed E-state index contributed by atoms with van der Waals surface area (Å²) >= 11 is 0. The molecule has 3 heteroatoms. The van der Waals surface area contributed by atoms with Crippen LogP contribution >= 0.6 is 0 Å². The van der Waals surface area contributed by atoms with Crippen LogP contribution in [-0.2, 0) is 0 Å². The quantitative estimate of drug-likeness (QED) is 0.754. The number of nitrogens with zero attached hydrogens (tertiary/aromatic N) is 1. The van der Waals surface area contributed by atoms with Gasteiger partial charge >= 0.3 is 0 Å². The molecule has 0 fully saturated rings. The summed E-state index contributed by atoms with van der Waals surface area (Å²) < 4.78 is 0. The molecule has 106 valence electrons. The van der Waals surface area contributed by atoms with Gasteiger partial charge in [0.25, 0.3) is 5.91 Å². The zero-order valence-corrected chi connectivity index (χ0v) is 12.5. The minimum Gasteiger partial charge on any atom is -0.358 e. The summed E-state index contributed by atoms with van der Waals surface area (Å²) in [4.78, 5) is 17.6. The van der Waals surface area contributed by atoms with Crippen molar-refractivity contribution in [1.82, 2.24) is 4.98 Å². The predicted molar refractivity (Wildman–Crippen MR) is 86.9 cm³/mol. The van der Waals surface area contributed by atoms with Gasteiger partial charge in [0.15, 0.2) is 0 Å². The van der Waals surface area contributed by atoms with E-state index in [1.54, 1.807) is 11.9 Å². The minimum atomic E-state index is 0.00125. The molecule has 0 aliphatic carbocycles. The van der Waals surface area contributed by atoms with Crippen LogP contribution < -0.4 is 4.90 Å². The van der Waals surface area contributed by atoms with Crippen LogP contribution in [0.2, 0.25) is 0 Å². The number of fused-ring (bicyclic) bond motifs is 1. The Labute approximate surface area is 124 Å². The summed E-state index contributed by atoms with van der Waals surface area (Å²) in [5.74, 6) is 0.00125. The number of carbonyl (C=O) groups excluding carboxylic acids is 1. The van der Waals surface area contributed by atoms with E-state index in [4.69, 9.17) is 0 Å². The summed E-state index contributed by atoms with van der Waals surface area (Å²) in [7, 11) is 1.80. The van der Waals surface area contributed by atoms with E-state index in [0.717, 1.165) is 22.3 Å². The summed E-state index contributed by atoms with van der Waals surface area (Å²) in [5.41, 5.74) is 5.01. The van der Waals surface area contributed by atoms with E-state index >= 15 is 0 Å².